The van der Waals surface area contributed by atoms with Gasteiger partial charge in [-0.15, -0.1) is 0 Å². The first-order valence-corrected chi connectivity index (χ1v) is 7.65. The molecule has 21 heavy (non-hydrogen) atoms. The number of rotatable bonds is 8. The lowest BCUT2D eigenvalue weighted by atomic mass is 10.1. The third-order valence-electron chi connectivity index (χ3n) is 3.43. The highest BCUT2D eigenvalue weighted by Crippen LogP contribution is 2.14. The van der Waals surface area contributed by atoms with Crippen LogP contribution in [-0.2, 0) is 6.42 Å². The second kappa shape index (κ2) is 8.42. The van der Waals surface area contributed by atoms with E-state index < -0.39 is 0 Å². The van der Waals surface area contributed by atoms with Crippen LogP contribution in [0.4, 0.5) is 0 Å². The van der Waals surface area contributed by atoms with Crippen LogP contribution in [0.1, 0.15) is 37.6 Å². The molecular weight excluding hydrogens is 260 g/mol. The second-order valence-corrected chi connectivity index (χ2v) is 5.14. The maximum Gasteiger partial charge on any atom is 0.137 e. The molecule has 2 rings (SSSR count). The molecule has 0 fully saturated rings. The van der Waals surface area contributed by atoms with Crippen LogP contribution >= 0.6 is 0 Å². The van der Waals surface area contributed by atoms with E-state index >= 15 is 0 Å². The monoisotopic (exact) mass is 284 g/mol. The van der Waals surface area contributed by atoms with Gasteiger partial charge in [0.25, 0.3) is 0 Å². The van der Waals surface area contributed by atoms with Gasteiger partial charge in [-0.3, -0.25) is 4.98 Å². The Labute approximate surface area is 127 Å². The lowest BCUT2D eigenvalue weighted by molar-refractivity contribution is 0.309. The summed E-state index contributed by atoms with van der Waals surface area (Å²) in [7, 11) is 0. The highest BCUT2D eigenvalue weighted by molar-refractivity contribution is 5.21. The predicted octanol–water partition coefficient (Wildman–Crippen LogP) is 3.76. The average molecular weight is 284 g/mol. The largest absolute Gasteiger partial charge is 0.492 e. The molecule has 2 aromatic rings. The number of pyridine rings is 1. The number of aromatic nitrogens is 1. The topological polar surface area (TPSA) is 34.1 Å². The second-order valence-electron chi connectivity index (χ2n) is 5.14. The fourth-order valence-corrected chi connectivity index (χ4v) is 2.26. The summed E-state index contributed by atoms with van der Waals surface area (Å²) in [5, 5.41) is 3.35. The number of hydrogen-bond acceptors (Lipinski definition) is 3. The van der Waals surface area contributed by atoms with Crippen LogP contribution in [0.3, 0.4) is 0 Å². The van der Waals surface area contributed by atoms with Gasteiger partial charge in [0.05, 0.1) is 18.5 Å². The first-order chi connectivity index (χ1) is 10.3. The quantitative estimate of drug-likeness (QED) is 0.749. The zero-order valence-electron chi connectivity index (χ0n) is 12.9. The van der Waals surface area contributed by atoms with Crippen LogP contribution < -0.4 is 10.1 Å². The van der Waals surface area contributed by atoms with Gasteiger partial charge in [0, 0.05) is 6.04 Å². The van der Waals surface area contributed by atoms with Crippen molar-refractivity contribution in [1.82, 2.24) is 10.3 Å². The Hall–Kier alpha value is -1.87. The zero-order chi connectivity index (χ0) is 14.9. The van der Waals surface area contributed by atoms with Crippen molar-refractivity contribution in [3.8, 4) is 5.75 Å². The molecule has 0 aliphatic heterocycles. The molecule has 1 unspecified atom stereocenters. The minimum absolute atomic E-state index is 0.280. The molecule has 3 heteroatoms. The molecule has 0 aliphatic carbocycles. The normalized spacial score (nSPS) is 12.1. The van der Waals surface area contributed by atoms with Crippen LogP contribution in [0.15, 0.2) is 48.7 Å². The van der Waals surface area contributed by atoms with Crippen LogP contribution in [0.2, 0.25) is 0 Å². The zero-order valence-corrected chi connectivity index (χ0v) is 12.9. The van der Waals surface area contributed by atoms with Crippen molar-refractivity contribution in [2.75, 3.05) is 13.2 Å². The van der Waals surface area contributed by atoms with E-state index in [0.717, 1.165) is 37.4 Å². The molecule has 0 aliphatic rings. The van der Waals surface area contributed by atoms with E-state index in [9.17, 15) is 0 Å². The molecule has 0 spiro atoms. The summed E-state index contributed by atoms with van der Waals surface area (Å²) >= 11 is 0. The lowest BCUT2D eigenvalue weighted by Crippen LogP contribution is -2.18. The van der Waals surface area contributed by atoms with Crippen LogP contribution in [0.5, 0.6) is 5.75 Å². The van der Waals surface area contributed by atoms with Crippen molar-refractivity contribution < 1.29 is 4.74 Å². The van der Waals surface area contributed by atoms with E-state index in [1.165, 1.54) is 5.56 Å². The first kappa shape index (κ1) is 15.5. The predicted molar refractivity (Wildman–Crippen MR) is 86.6 cm³/mol. The number of hydrogen-bond donors (Lipinski definition) is 1. The van der Waals surface area contributed by atoms with Gasteiger partial charge in [0.2, 0.25) is 0 Å². The molecule has 1 aromatic carbocycles. The van der Waals surface area contributed by atoms with Gasteiger partial charge < -0.3 is 10.1 Å². The molecule has 1 atom stereocenters. The molecule has 0 amide bonds. The first-order valence-electron chi connectivity index (χ1n) is 7.65. The molecule has 3 nitrogen and oxygen atoms in total. The van der Waals surface area contributed by atoms with Crippen molar-refractivity contribution in [2.24, 2.45) is 0 Å². The number of nitrogens with zero attached hydrogens (tertiary/aromatic N) is 1. The Morgan fingerprint density at radius 2 is 1.95 bits per heavy atom. The third-order valence-corrected chi connectivity index (χ3v) is 3.43. The van der Waals surface area contributed by atoms with Gasteiger partial charge in [-0.05, 0) is 44.0 Å². The number of aryl methyl sites for hydroxylation is 1. The molecule has 1 aromatic heterocycles. The van der Waals surface area contributed by atoms with Gasteiger partial charge in [-0.25, -0.2) is 0 Å². The molecule has 1 heterocycles. The number of benzene rings is 1. The van der Waals surface area contributed by atoms with Crippen molar-refractivity contribution >= 4 is 0 Å². The van der Waals surface area contributed by atoms with E-state index in [1.54, 1.807) is 0 Å². The van der Waals surface area contributed by atoms with Gasteiger partial charge >= 0.3 is 0 Å². The maximum atomic E-state index is 5.74. The van der Waals surface area contributed by atoms with Crippen LogP contribution in [-0.4, -0.2) is 18.1 Å². The van der Waals surface area contributed by atoms with Gasteiger partial charge in [-0.1, -0.05) is 37.3 Å². The van der Waals surface area contributed by atoms with E-state index in [1.807, 2.05) is 24.4 Å². The van der Waals surface area contributed by atoms with Crippen LogP contribution in [0, 0.1) is 0 Å². The van der Waals surface area contributed by atoms with Crippen LogP contribution in [0.25, 0.3) is 0 Å². The Morgan fingerprint density at radius 1 is 1.14 bits per heavy atom. The summed E-state index contributed by atoms with van der Waals surface area (Å²) < 4.78 is 5.74. The highest BCUT2D eigenvalue weighted by atomic mass is 16.5. The summed E-state index contributed by atoms with van der Waals surface area (Å²) in [6.07, 6.45) is 3.87. The summed E-state index contributed by atoms with van der Waals surface area (Å²) in [6, 6.07) is 14.8. The summed E-state index contributed by atoms with van der Waals surface area (Å²) in [4.78, 5) is 4.45. The highest BCUT2D eigenvalue weighted by Gasteiger charge is 2.05. The molecule has 0 radical (unpaired) electrons. The molecule has 1 N–H and O–H groups in total. The van der Waals surface area contributed by atoms with Crippen molar-refractivity contribution in [3.05, 3.63) is 59.9 Å². The fourth-order valence-electron chi connectivity index (χ4n) is 2.26. The summed E-state index contributed by atoms with van der Waals surface area (Å²) in [6.45, 7) is 5.88. The summed E-state index contributed by atoms with van der Waals surface area (Å²) in [5.74, 6) is 0.843. The summed E-state index contributed by atoms with van der Waals surface area (Å²) in [5.41, 5.74) is 2.41. The van der Waals surface area contributed by atoms with Gasteiger partial charge in [0.15, 0.2) is 0 Å². The Bertz CT molecular complexity index is 511. The van der Waals surface area contributed by atoms with Crippen molar-refractivity contribution in [2.45, 2.75) is 32.7 Å². The van der Waals surface area contributed by atoms with Crippen molar-refractivity contribution in [1.29, 1.82) is 0 Å². The van der Waals surface area contributed by atoms with Gasteiger partial charge in [-0.2, -0.15) is 0 Å². The Balaban J connectivity index is 1.73. The number of ether oxygens (including phenoxy) is 1. The Morgan fingerprint density at radius 3 is 2.62 bits per heavy atom. The lowest BCUT2D eigenvalue weighted by Gasteiger charge is -2.12. The smallest absolute Gasteiger partial charge is 0.137 e. The molecule has 112 valence electrons. The minimum Gasteiger partial charge on any atom is -0.492 e. The SMILES string of the molecule is CCNC(C)c1ccc(OCCCc2ccccc2)cn1. The minimum atomic E-state index is 0.280. The van der Waals surface area contributed by atoms with Crippen molar-refractivity contribution in [3.63, 3.8) is 0 Å². The van der Waals surface area contributed by atoms with E-state index in [-0.39, 0.29) is 6.04 Å². The molecule has 0 saturated heterocycles. The maximum absolute atomic E-state index is 5.74. The molecule has 0 saturated carbocycles. The number of nitrogens with one attached hydrogen (secondary N) is 1. The fraction of sp³-hybridized carbons (Fsp3) is 0.389. The molecule has 0 bridgehead atoms. The van der Waals surface area contributed by atoms with Gasteiger partial charge in [0.1, 0.15) is 5.75 Å². The molecular formula is C18H24N2O. The Kier molecular flexibility index (Phi) is 6.22. The van der Waals surface area contributed by atoms with E-state index in [2.05, 4.69) is 48.4 Å². The third kappa shape index (κ3) is 5.20. The average Bonchev–Trinajstić information content (AvgIpc) is 2.53. The standard InChI is InChI=1S/C18H24N2O/c1-3-19-15(2)18-12-11-17(14-20-18)21-13-7-10-16-8-5-4-6-9-16/h4-6,8-9,11-12,14-15,19H,3,7,10,13H2,1-2H3. The van der Waals surface area contributed by atoms with E-state index in [4.69, 9.17) is 4.74 Å². The van der Waals surface area contributed by atoms with E-state index in [0.29, 0.717) is 0 Å².